The molecule has 0 aliphatic heterocycles. The number of carbonyl (C=O) groups is 1. The summed E-state index contributed by atoms with van der Waals surface area (Å²) in [6.07, 6.45) is 0.252. The van der Waals surface area contributed by atoms with Crippen LogP contribution in [0, 0.1) is 23.0 Å². The molecular formula is C12H17N3O3. The summed E-state index contributed by atoms with van der Waals surface area (Å²) in [7, 11) is 0. The zero-order chi connectivity index (χ0) is 13.7. The van der Waals surface area contributed by atoms with Gasteiger partial charge >= 0.3 is 0 Å². The van der Waals surface area contributed by atoms with Crippen molar-refractivity contribution in [2.45, 2.75) is 20.3 Å². The maximum Gasteiger partial charge on any atom is 0.292 e. The SMILES string of the molecule is Cc1ccc([N+](=O)[O-])c(NC(=O)CC(C)CN)c1. The lowest BCUT2D eigenvalue weighted by molar-refractivity contribution is -0.383. The summed E-state index contributed by atoms with van der Waals surface area (Å²) < 4.78 is 0. The molecule has 1 rings (SSSR count). The fourth-order valence-electron chi connectivity index (χ4n) is 1.51. The Labute approximate surface area is 105 Å². The standard InChI is InChI=1S/C12H17N3O3/c1-8-3-4-11(15(17)18)10(5-8)14-12(16)6-9(2)7-13/h3-5,9H,6-7,13H2,1-2H3,(H,14,16). The summed E-state index contributed by atoms with van der Waals surface area (Å²) >= 11 is 0. The van der Waals surface area contributed by atoms with Crippen molar-refractivity contribution < 1.29 is 9.72 Å². The van der Waals surface area contributed by atoms with Gasteiger partial charge in [-0.15, -0.1) is 0 Å². The molecule has 0 aromatic heterocycles. The van der Waals surface area contributed by atoms with Gasteiger partial charge in [0.2, 0.25) is 5.91 Å². The van der Waals surface area contributed by atoms with E-state index in [0.717, 1.165) is 5.56 Å². The fourth-order valence-corrected chi connectivity index (χ4v) is 1.51. The fraction of sp³-hybridized carbons (Fsp3) is 0.417. The molecule has 0 fully saturated rings. The van der Waals surface area contributed by atoms with Gasteiger partial charge in [-0.25, -0.2) is 0 Å². The molecule has 1 amide bonds. The molecule has 98 valence electrons. The van der Waals surface area contributed by atoms with Crippen LogP contribution in [-0.2, 0) is 4.79 Å². The quantitative estimate of drug-likeness (QED) is 0.616. The van der Waals surface area contributed by atoms with Crippen molar-refractivity contribution in [1.82, 2.24) is 0 Å². The first-order valence-electron chi connectivity index (χ1n) is 5.69. The Morgan fingerprint density at radius 1 is 1.56 bits per heavy atom. The maximum atomic E-state index is 11.7. The van der Waals surface area contributed by atoms with E-state index in [1.54, 1.807) is 12.1 Å². The average Bonchev–Trinajstić information content (AvgIpc) is 2.28. The number of nitrogens with two attached hydrogens (primary N) is 1. The largest absolute Gasteiger partial charge is 0.330 e. The van der Waals surface area contributed by atoms with Crippen molar-refractivity contribution in [3.05, 3.63) is 33.9 Å². The second-order valence-electron chi connectivity index (χ2n) is 4.37. The molecule has 0 spiro atoms. The lowest BCUT2D eigenvalue weighted by Gasteiger charge is -2.10. The van der Waals surface area contributed by atoms with Gasteiger partial charge in [0, 0.05) is 12.5 Å². The number of aryl methyl sites for hydroxylation is 1. The highest BCUT2D eigenvalue weighted by molar-refractivity contribution is 5.93. The van der Waals surface area contributed by atoms with Gasteiger partial charge in [-0.05, 0) is 31.0 Å². The van der Waals surface area contributed by atoms with Crippen molar-refractivity contribution in [3.8, 4) is 0 Å². The van der Waals surface area contributed by atoms with Crippen LogP contribution in [0.2, 0.25) is 0 Å². The summed E-state index contributed by atoms with van der Waals surface area (Å²) in [5.74, 6) is -0.212. The number of rotatable bonds is 5. The Hall–Kier alpha value is -1.95. The van der Waals surface area contributed by atoms with Crippen LogP contribution >= 0.6 is 0 Å². The number of nitrogens with one attached hydrogen (secondary N) is 1. The number of amides is 1. The van der Waals surface area contributed by atoms with Gasteiger partial charge in [0.25, 0.3) is 5.69 Å². The molecule has 0 radical (unpaired) electrons. The molecule has 1 atom stereocenters. The summed E-state index contributed by atoms with van der Waals surface area (Å²) in [6.45, 7) is 4.06. The van der Waals surface area contributed by atoms with Gasteiger partial charge in [-0.1, -0.05) is 13.0 Å². The number of nitro benzene ring substituents is 1. The van der Waals surface area contributed by atoms with Crippen molar-refractivity contribution in [2.75, 3.05) is 11.9 Å². The molecule has 6 heteroatoms. The highest BCUT2D eigenvalue weighted by atomic mass is 16.6. The van der Waals surface area contributed by atoms with E-state index in [0.29, 0.717) is 6.54 Å². The van der Waals surface area contributed by atoms with Gasteiger partial charge in [0.15, 0.2) is 0 Å². The van der Waals surface area contributed by atoms with Gasteiger partial charge in [0.05, 0.1) is 4.92 Å². The third kappa shape index (κ3) is 3.81. The van der Waals surface area contributed by atoms with E-state index in [1.165, 1.54) is 6.07 Å². The van der Waals surface area contributed by atoms with Crippen LogP contribution in [0.15, 0.2) is 18.2 Å². The molecule has 0 heterocycles. The molecule has 0 aliphatic carbocycles. The number of nitrogens with zero attached hydrogens (tertiary/aromatic N) is 1. The predicted molar refractivity (Wildman–Crippen MR) is 69.3 cm³/mol. The van der Waals surface area contributed by atoms with Crippen LogP contribution in [0.5, 0.6) is 0 Å². The Kier molecular flexibility index (Phi) is 4.79. The lowest BCUT2D eigenvalue weighted by atomic mass is 10.1. The Balaban J connectivity index is 2.86. The van der Waals surface area contributed by atoms with E-state index in [4.69, 9.17) is 5.73 Å². The highest BCUT2D eigenvalue weighted by Gasteiger charge is 2.16. The van der Waals surface area contributed by atoms with Gasteiger partial charge < -0.3 is 11.1 Å². The number of anilines is 1. The molecule has 0 saturated carbocycles. The van der Waals surface area contributed by atoms with E-state index in [1.807, 2.05) is 13.8 Å². The van der Waals surface area contributed by atoms with Crippen LogP contribution < -0.4 is 11.1 Å². The molecule has 1 aromatic rings. The van der Waals surface area contributed by atoms with E-state index in [2.05, 4.69) is 5.32 Å². The third-order valence-corrected chi connectivity index (χ3v) is 2.56. The minimum absolute atomic E-state index is 0.0499. The zero-order valence-corrected chi connectivity index (χ0v) is 10.5. The summed E-state index contributed by atoms with van der Waals surface area (Å²) in [5.41, 5.74) is 6.41. The van der Waals surface area contributed by atoms with Gasteiger partial charge in [-0.2, -0.15) is 0 Å². The Bertz CT molecular complexity index is 460. The van der Waals surface area contributed by atoms with E-state index >= 15 is 0 Å². The first-order chi connectivity index (χ1) is 8.43. The van der Waals surface area contributed by atoms with E-state index < -0.39 is 4.92 Å². The normalized spacial score (nSPS) is 11.9. The molecule has 1 aromatic carbocycles. The number of hydrogen-bond acceptors (Lipinski definition) is 4. The van der Waals surface area contributed by atoms with Crippen LogP contribution in [0.3, 0.4) is 0 Å². The summed E-state index contributed by atoms with van der Waals surface area (Å²) in [6, 6.07) is 4.61. The zero-order valence-electron chi connectivity index (χ0n) is 10.5. The number of benzene rings is 1. The highest BCUT2D eigenvalue weighted by Crippen LogP contribution is 2.25. The Morgan fingerprint density at radius 2 is 2.22 bits per heavy atom. The van der Waals surface area contributed by atoms with Gasteiger partial charge in [-0.3, -0.25) is 14.9 Å². The Morgan fingerprint density at radius 3 is 2.78 bits per heavy atom. The van der Waals surface area contributed by atoms with Crippen molar-refractivity contribution in [1.29, 1.82) is 0 Å². The van der Waals surface area contributed by atoms with E-state index in [9.17, 15) is 14.9 Å². The molecule has 18 heavy (non-hydrogen) atoms. The number of carbonyl (C=O) groups excluding carboxylic acids is 1. The summed E-state index contributed by atoms with van der Waals surface area (Å²) in [4.78, 5) is 22.0. The maximum absolute atomic E-state index is 11.7. The second-order valence-corrected chi connectivity index (χ2v) is 4.37. The minimum atomic E-state index is -0.512. The topological polar surface area (TPSA) is 98.3 Å². The number of nitro groups is 1. The van der Waals surface area contributed by atoms with Crippen molar-refractivity contribution in [3.63, 3.8) is 0 Å². The van der Waals surface area contributed by atoms with Crippen LogP contribution in [0.25, 0.3) is 0 Å². The molecule has 0 saturated heterocycles. The molecular weight excluding hydrogens is 234 g/mol. The minimum Gasteiger partial charge on any atom is -0.330 e. The average molecular weight is 251 g/mol. The second kappa shape index (κ2) is 6.11. The van der Waals surface area contributed by atoms with Crippen molar-refractivity contribution >= 4 is 17.3 Å². The molecule has 3 N–H and O–H groups in total. The van der Waals surface area contributed by atoms with Gasteiger partial charge in [0.1, 0.15) is 5.69 Å². The molecule has 1 unspecified atom stereocenters. The van der Waals surface area contributed by atoms with Crippen molar-refractivity contribution in [2.24, 2.45) is 11.7 Å². The first-order valence-corrected chi connectivity index (χ1v) is 5.69. The lowest BCUT2D eigenvalue weighted by Crippen LogP contribution is -2.20. The smallest absolute Gasteiger partial charge is 0.292 e. The summed E-state index contributed by atoms with van der Waals surface area (Å²) in [5, 5.41) is 13.4. The van der Waals surface area contributed by atoms with Crippen LogP contribution in [0.4, 0.5) is 11.4 Å². The van der Waals surface area contributed by atoms with Crippen LogP contribution in [-0.4, -0.2) is 17.4 Å². The third-order valence-electron chi connectivity index (χ3n) is 2.56. The number of hydrogen-bond donors (Lipinski definition) is 2. The molecule has 0 aliphatic rings. The molecule has 0 bridgehead atoms. The predicted octanol–water partition coefficient (Wildman–Crippen LogP) is 1.83. The van der Waals surface area contributed by atoms with Crippen LogP contribution in [0.1, 0.15) is 18.9 Å². The molecule has 6 nitrogen and oxygen atoms in total. The van der Waals surface area contributed by atoms with E-state index in [-0.39, 0.29) is 29.6 Å². The monoisotopic (exact) mass is 251 g/mol. The first kappa shape index (κ1) is 14.1.